The van der Waals surface area contributed by atoms with Crippen molar-refractivity contribution in [3.8, 4) is 0 Å². The van der Waals surface area contributed by atoms with Crippen LogP contribution in [-0.4, -0.2) is 17.0 Å². The van der Waals surface area contributed by atoms with Gasteiger partial charge in [0.1, 0.15) is 5.82 Å². The van der Waals surface area contributed by atoms with Crippen LogP contribution in [0.1, 0.15) is 44.7 Å². The van der Waals surface area contributed by atoms with Gasteiger partial charge in [0, 0.05) is 5.92 Å². The number of aliphatic carboxylic acids is 1. The van der Waals surface area contributed by atoms with Crippen molar-refractivity contribution in [1.82, 2.24) is 5.32 Å². The van der Waals surface area contributed by atoms with E-state index in [0.717, 1.165) is 12.8 Å². The van der Waals surface area contributed by atoms with Gasteiger partial charge in [0.15, 0.2) is 0 Å². The van der Waals surface area contributed by atoms with E-state index in [9.17, 15) is 14.0 Å². The molecule has 0 heterocycles. The molecule has 1 aromatic carbocycles. The molecule has 0 radical (unpaired) electrons. The number of benzene rings is 1. The minimum absolute atomic E-state index is 0.0108. The molecule has 0 spiro atoms. The van der Waals surface area contributed by atoms with Crippen LogP contribution in [0.4, 0.5) is 4.39 Å². The molecule has 22 heavy (non-hydrogen) atoms. The molecule has 0 aromatic heterocycles. The lowest BCUT2D eigenvalue weighted by Crippen LogP contribution is -2.32. The molecule has 2 rings (SSSR count). The molecule has 0 aliphatic heterocycles. The number of carbonyl (C=O) groups excluding carboxylic acids is 1. The number of carbonyl (C=O) groups is 2. The highest BCUT2D eigenvalue weighted by atomic mass is 35.5. The summed E-state index contributed by atoms with van der Waals surface area (Å²) < 4.78 is 13.6. The summed E-state index contributed by atoms with van der Waals surface area (Å²) >= 11 is 5.63. The van der Waals surface area contributed by atoms with Crippen LogP contribution in [0.3, 0.4) is 0 Å². The summed E-state index contributed by atoms with van der Waals surface area (Å²) in [5, 5.41) is 11.7. The number of amides is 1. The van der Waals surface area contributed by atoms with Gasteiger partial charge in [-0.3, -0.25) is 9.59 Å². The Morgan fingerprint density at radius 2 is 2.23 bits per heavy atom. The largest absolute Gasteiger partial charge is 0.481 e. The fourth-order valence-electron chi connectivity index (χ4n) is 2.64. The van der Waals surface area contributed by atoms with Gasteiger partial charge in [0.25, 0.3) is 0 Å². The van der Waals surface area contributed by atoms with Crippen molar-refractivity contribution in [1.29, 1.82) is 0 Å². The third-order valence-corrected chi connectivity index (χ3v) is 4.82. The van der Waals surface area contributed by atoms with E-state index in [1.54, 1.807) is 0 Å². The van der Waals surface area contributed by atoms with Gasteiger partial charge in [0.05, 0.1) is 17.5 Å². The lowest BCUT2D eigenvalue weighted by molar-refractivity contribution is -0.137. The van der Waals surface area contributed by atoms with Crippen LogP contribution < -0.4 is 5.32 Å². The number of hydrogen-bond donors (Lipinski definition) is 2. The highest BCUT2D eigenvalue weighted by Gasteiger charge is 2.53. The molecule has 0 saturated heterocycles. The van der Waals surface area contributed by atoms with Crippen molar-refractivity contribution < 1.29 is 19.1 Å². The van der Waals surface area contributed by atoms with Crippen LogP contribution in [-0.2, 0) is 9.59 Å². The minimum Gasteiger partial charge on any atom is -0.481 e. The number of halogens is 2. The third kappa shape index (κ3) is 3.58. The second-order valence-electron chi connectivity index (χ2n) is 6.10. The molecule has 1 aliphatic carbocycles. The smallest absolute Gasteiger partial charge is 0.305 e. The topological polar surface area (TPSA) is 66.4 Å². The van der Waals surface area contributed by atoms with Crippen LogP contribution in [0.5, 0.6) is 0 Å². The number of carboxylic acids is 1. The molecule has 4 nitrogen and oxygen atoms in total. The number of carboxylic acid groups (broad SMARTS) is 1. The first-order valence-corrected chi connectivity index (χ1v) is 7.61. The molecule has 1 fully saturated rings. The van der Waals surface area contributed by atoms with Crippen molar-refractivity contribution in [2.75, 3.05) is 0 Å². The molecule has 0 bridgehead atoms. The summed E-state index contributed by atoms with van der Waals surface area (Å²) in [7, 11) is 0. The monoisotopic (exact) mass is 327 g/mol. The van der Waals surface area contributed by atoms with Crippen molar-refractivity contribution in [2.24, 2.45) is 11.3 Å². The number of hydrogen-bond acceptors (Lipinski definition) is 2. The van der Waals surface area contributed by atoms with E-state index in [1.807, 2.05) is 13.8 Å². The molecular weight excluding hydrogens is 309 g/mol. The van der Waals surface area contributed by atoms with Gasteiger partial charge < -0.3 is 10.4 Å². The molecule has 1 aromatic rings. The average molecular weight is 328 g/mol. The van der Waals surface area contributed by atoms with Gasteiger partial charge in [-0.15, -0.1) is 0 Å². The van der Waals surface area contributed by atoms with Gasteiger partial charge in [-0.05, 0) is 36.0 Å². The predicted molar refractivity (Wildman–Crippen MR) is 81.1 cm³/mol. The van der Waals surface area contributed by atoms with Crippen molar-refractivity contribution in [2.45, 2.75) is 39.2 Å². The zero-order valence-corrected chi connectivity index (χ0v) is 13.3. The highest BCUT2D eigenvalue weighted by molar-refractivity contribution is 6.30. The Labute approximate surface area is 133 Å². The van der Waals surface area contributed by atoms with E-state index in [1.165, 1.54) is 18.2 Å². The summed E-state index contributed by atoms with van der Waals surface area (Å²) in [5.74, 6) is -1.97. The lowest BCUT2D eigenvalue weighted by Gasteiger charge is -2.19. The molecule has 3 atom stereocenters. The zero-order valence-electron chi connectivity index (χ0n) is 12.5. The second kappa shape index (κ2) is 6.24. The maximum Gasteiger partial charge on any atom is 0.305 e. The maximum absolute atomic E-state index is 13.6. The van der Waals surface area contributed by atoms with Crippen molar-refractivity contribution in [3.63, 3.8) is 0 Å². The summed E-state index contributed by atoms with van der Waals surface area (Å²) in [6, 6.07) is 3.30. The lowest BCUT2D eigenvalue weighted by atomic mass is 10.0. The molecule has 1 saturated carbocycles. The fourth-order valence-corrected chi connectivity index (χ4v) is 2.75. The molecule has 6 heteroatoms. The Balaban J connectivity index is 2.14. The first kappa shape index (κ1) is 16.7. The second-order valence-corrected chi connectivity index (χ2v) is 6.50. The molecule has 2 N–H and O–H groups in total. The zero-order chi connectivity index (χ0) is 16.5. The van der Waals surface area contributed by atoms with E-state index < -0.39 is 17.8 Å². The quantitative estimate of drug-likeness (QED) is 0.839. The Morgan fingerprint density at radius 1 is 1.55 bits per heavy atom. The van der Waals surface area contributed by atoms with E-state index in [2.05, 4.69) is 5.32 Å². The first-order valence-electron chi connectivity index (χ1n) is 7.24. The number of rotatable bonds is 6. The molecule has 1 aliphatic rings. The Hall–Kier alpha value is -1.62. The Bertz CT molecular complexity index is 607. The van der Waals surface area contributed by atoms with Crippen LogP contribution in [0, 0.1) is 17.2 Å². The third-order valence-electron chi connectivity index (χ3n) is 4.52. The standard InChI is InChI=1S/C16H19ClFNO3/c1-3-16(2)8-10(16)15(22)19-13(7-14(20)21)9-4-5-11(17)12(18)6-9/h4-6,10,13H,3,7-8H2,1-2H3,(H,19,22)(H,20,21). The normalized spacial score (nSPS) is 24.6. The highest BCUT2D eigenvalue weighted by Crippen LogP contribution is 2.54. The van der Waals surface area contributed by atoms with Gasteiger partial charge in [0.2, 0.25) is 5.91 Å². The van der Waals surface area contributed by atoms with Gasteiger partial charge in [-0.2, -0.15) is 0 Å². The van der Waals surface area contributed by atoms with Crippen LogP contribution in [0.25, 0.3) is 0 Å². The van der Waals surface area contributed by atoms with Gasteiger partial charge in [-0.1, -0.05) is 31.5 Å². The Morgan fingerprint density at radius 3 is 2.73 bits per heavy atom. The average Bonchev–Trinajstić information content (AvgIpc) is 3.14. The van der Waals surface area contributed by atoms with Gasteiger partial charge in [-0.25, -0.2) is 4.39 Å². The number of nitrogens with one attached hydrogen (secondary N) is 1. The van der Waals surface area contributed by atoms with E-state index in [-0.39, 0.29) is 28.7 Å². The van der Waals surface area contributed by atoms with Crippen LogP contribution in [0.2, 0.25) is 5.02 Å². The predicted octanol–water partition coefficient (Wildman–Crippen LogP) is 3.55. The summed E-state index contributed by atoms with van der Waals surface area (Å²) in [6.45, 7) is 4.06. The summed E-state index contributed by atoms with van der Waals surface area (Å²) in [5.41, 5.74) is 0.389. The van der Waals surface area contributed by atoms with Crippen molar-refractivity contribution in [3.05, 3.63) is 34.6 Å². The van der Waals surface area contributed by atoms with Crippen LogP contribution in [0.15, 0.2) is 18.2 Å². The Kier molecular flexibility index (Phi) is 4.75. The van der Waals surface area contributed by atoms with E-state index >= 15 is 0 Å². The fraction of sp³-hybridized carbons (Fsp3) is 0.500. The molecule has 1 amide bonds. The SMILES string of the molecule is CCC1(C)CC1C(=O)NC(CC(=O)O)c1ccc(Cl)c(F)c1. The summed E-state index contributed by atoms with van der Waals surface area (Å²) in [4.78, 5) is 23.3. The van der Waals surface area contributed by atoms with E-state index in [4.69, 9.17) is 16.7 Å². The molecular formula is C16H19ClFNO3. The molecule has 120 valence electrons. The summed E-state index contributed by atoms with van der Waals surface area (Å²) in [6.07, 6.45) is 1.39. The van der Waals surface area contributed by atoms with Crippen molar-refractivity contribution >= 4 is 23.5 Å². The van der Waals surface area contributed by atoms with Crippen LogP contribution >= 0.6 is 11.6 Å². The molecule has 3 unspecified atom stereocenters. The first-order chi connectivity index (χ1) is 10.3. The van der Waals surface area contributed by atoms with E-state index in [0.29, 0.717) is 5.56 Å². The maximum atomic E-state index is 13.6. The minimum atomic E-state index is -1.06. The van der Waals surface area contributed by atoms with Gasteiger partial charge >= 0.3 is 5.97 Å².